The number of allylic oxidation sites excluding steroid dienone is 1. The van der Waals surface area contributed by atoms with E-state index in [1.807, 2.05) is 18.2 Å². The van der Waals surface area contributed by atoms with Crippen LogP contribution in [0.25, 0.3) is 0 Å². The van der Waals surface area contributed by atoms with E-state index in [9.17, 15) is 14.9 Å². The van der Waals surface area contributed by atoms with Gasteiger partial charge in [0.15, 0.2) is 0 Å². The first-order valence-corrected chi connectivity index (χ1v) is 12.1. The number of non-ortho nitro benzene ring substituents is 1. The van der Waals surface area contributed by atoms with E-state index in [2.05, 4.69) is 9.80 Å². The molecule has 7 nitrogen and oxygen atoms in total. The van der Waals surface area contributed by atoms with Gasteiger partial charge in [-0.15, -0.1) is 0 Å². The zero-order chi connectivity index (χ0) is 23.2. The van der Waals surface area contributed by atoms with Crippen molar-refractivity contribution in [1.29, 1.82) is 0 Å². The molecule has 178 valence electrons. The molecule has 1 aliphatic heterocycles. The lowest BCUT2D eigenvalue weighted by Crippen LogP contribution is -2.46. The minimum absolute atomic E-state index is 0.146. The summed E-state index contributed by atoms with van der Waals surface area (Å²) >= 11 is 0. The number of nitro groups is 1. The molecule has 0 atom stereocenters. The van der Waals surface area contributed by atoms with Crippen LogP contribution in [-0.4, -0.2) is 53.6 Å². The van der Waals surface area contributed by atoms with Crippen molar-refractivity contribution in [2.75, 3.05) is 37.6 Å². The second kappa shape index (κ2) is 14.6. The van der Waals surface area contributed by atoms with Crippen molar-refractivity contribution in [3.05, 3.63) is 46.0 Å². The zero-order valence-electron chi connectivity index (χ0n) is 19.5. The lowest BCUT2D eigenvalue weighted by Gasteiger charge is -2.36. The molecule has 1 saturated heterocycles. The summed E-state index contributed by atoms with van der Waals surface area (Å²) < 4.78 is 0. The van der Waals surface area contributed by atoms with E-state index in [4.69, 9.17) is 5.11 Å². The lowest BCUT2D eigenvalue weighted by atomic mass is 10.1. The van der Waals surface area contributed by atoms with Crippen LogP contribution in [0.5, 0.6) is 0 Å². The van der Waals surface area contributed by atoms with E-state index in [0.29, 0.717) is 5.57 Å². The fourth-order valence-electron chi connectivity index (χ4n) is 4.14. The van der Waals surface area contributed by atoms with Crippen LogP contribution in [0.15, 0.2) is 35.9 Å². The highest BCUT2D eigenvalue weighted by Gasteiger charge is 2.17. The summed E-state index contributed by atoms with van der Waals surface area (Å²) in [6, 6.07) is 6.88. The molecule has 1 aromatic carbocycles. The van der Waals surface area contributed by atoms with Crippen LogP contribution in [0, 0.1) is 10.1 Å². The Morgan fingerprint density at radius 1 is 0.938 bits per heavy atom. The average Bonchev–Trinajstić information content (AvgIpc) is 2.80. The summed E-state index contributed by atoms with van der Waals surface area (Å²) in [6.45, 7) is 6.88. The summed E-state index contributed by atoms with van der Waals surface area (Å²) in [5, 5.41) is 19.6. The number of aliphatic carboxylic acids is 1. The quantitative estimate of drug-likeness (QED) is 0.162. The number of rotatable bonds is 15. The zero-order valence-corrected chi connectivity index (χ0v) is 19.5. The van der Waals surface area contributed by atoms with Gasteiger partial charge in [-0.2, -0.15) is 0 Å². The normalized spacial score (nSPS) is 15.2. The summed E-state index contributed by atoms with van der Waals surface area (Å²) in [6.07, 6.45) is 14.0. The van der Waals surface area contributed by atoms with Gasteiger partial charge in [-0.1, -0.05) is 51.0 Å². The molecule has 0 saturated carbocycles. The molecule has 1 fully saturated rings. The molecule has 1 heterocycles. The van der Waals surface area contributed by atoms with Gasteiger partial charge in [0, 0.05) is 49.6 Å². The standard InChI is InChI=1S/C25H39N3O4/c1-22(25(29)30)12-10-8-6-4-2-3-5-7-9-11-17-26-18-20-27(21-19-26)23-13-15-24(16-14-23)28(31)32/h12-16H,2-11,17-21H2,1H3,(H,29,30)/b22-12+. The maximum atomic E-state index is 10.8. The van der Waals surface area contributed by atoms with Gasteiger partial charge < -0.3 is 10.0 Å². The van der Waals surface area contributed by atoms with Crippen LogP contribution in [0.3, 0.4) is 0 Å². The topological polar surface area (TPSA) is 86.9 Å². The molecule has 0 aliphatic carbocycles. The molecule has 32 heavy (non-hydrogen) atoms. The molecule has 0 radical (unpaired) electrons. The predicted octanol–water partition coefficient (Wildman–Crippen LogP) is 5.65. The monoisotopic (exact) mass is 445 g/mol. The van der Waals surface area contributed by atoms with E-state index >= 15 is 0 Å². The number of nitro benzene ring substituents is 1. The van der Waals surface area contributed by atoms with Crippen LogP contribution in [0.1, 0.15) is 71.1 Å². The van der Waals surface area contributed by atoms with Crippen LogP contribution >= 0.6 is 0 Å². The van der Waals surface area contributed by atoms with Crippen molar-refractivity contribution in [1.82, 2.24) is 4.90 Å². The summed E-state index contributed by atoms with van der Waals surface area (Å²) in [5.41, 5.74) is 1.67. The van der Waals surface area contributed by atoms with Crippen LogP contribution in [-0.2, 0) is 4.79 Å². The van der Waals surface area contributed by atoms with E-state index in [1.54, 1.807) is 19.1 Å². The number of piperazine rings is 1. The van der Waals surface area contributed by atoms with Gasteiger partial charge in [-0.25, -0.2) is 4.79 Å². The molecule has 1 aromatic rings. The number of benzene rings is 1. The first kappa shape index (κ1) is 25.8. The lowest BCUT2D eigenvalue weighted by molar-refractivity contribution is -0.384. The van der Waals surface area contributed by atoms with E-state index in [-0.39, 0.29) is 10.6 Å². The van der Waals surface area contributed by atoms with Crippen LogP contribution in [0.4, 0.5) is 11.4 Å². The predicted molar refractivity (Wildman–Crippen MR) is 129 cm³/mol. The second-order valence-electron chi connectivity index (χ2n) is 8.77. The Kier molecular flexibility index (Phi) is 11.8. The Morgan fingerprint density at radius 2 is 1.47 bits per heavy atom. The summed E-state index contributed by atoms with van der Waals surface area (Å²) in [7, 11) is 0. The fraction of sp³-hybridized carbons (Fsp3) is 0.640. The third-order valence-electron chi connectivity index (χ3n) is 6.26. The van der Waals surface area contributed by atoms with Gasteiger partial charge in [0.2, 0.25) is 0 Å². The largest absolute Gasteiger partial charge is 0.478 e. The first-order valence-electron chi connectivity index (χ1n) is 12.1. The molecule has 0 aromatic heterocycles. The minimum atomic E-state index is -0.811. The van der Waals surface area contributed by atoms with Crippen molar-refractivity contribution in [2.45, 2.75) is 71.1 Å². The van der Waals surface area contributed by atoms with Crippen LogP contribution in [0.2, 0.25) is 0 Å². The van der Waals surface area contributed by atoms with Gasteiger partial charge in [-0.05, 0) is 44.9 Å². The molecule has 0 bridgehead atoms. The van der Waals surface area contributed by atoms with Gasteiger partial charge >= 0.3 is 5.97 Å². The molecule has 0 unspecified atom stereocenters. The third-order valence-corrected chi connectivity index (χ3v) is 6.26. The van der Waals surface area contributed by atoms with Gasteiger partial charge in [0.25, 0.3) is 5.69 Å². The number of carboxylic acids is 1. The smallest absolute Gasteiger partial charge is 0.330 e. The Labute approximate surface area is 192 Å². The third kappa shape index (κ3) is 9.81. The van der Waals surface area contributed by atoms with Crippen molar-refractivity contribution in [2.24, 2.45) is 0 Å². The molecule has 2 rings (SSSR count). The number of carbonyl (C=O) groups is 1. The van der Waals surface area contributed by atoms with E-state index in [0.717, 1.165) is 51.3 Å². The van der Waals surface area contributed by atoms with Crippen molar-refractivity contribution in [3.63, 3.8) is 0 Å². The van der Waals surface area contributed by atoms with Gasteiger partial charge in [0.05, 0.1) is 4.92 Å². The minimum Gasteiger partial charge on any atom is -0.478 e. The van der Waals surface area contributed by atoms with E-state index in [1.165, 1.54) is 51.4 Å². The van der Waals surface area contributed by atoms with E-state index < -0.39 is 5.97 Å². The Hall–Kier alpha value is -2.41. The highest BCUT2D eigenvalue weighted by Crippen LogP contribution is 2.21. The van der Waals surface area contributed by atoms with Crippen molar-refractivity contribution in [3.8, 4) is 0 Å². The summed E-state index contributed by atoms with van der Waals surface area (Å²) in [5.74, 6) is -0.811. The number of anilines is 1. The first-order chi connectivity index (χ1) is 15.5. The molecule has 0 amide bonds. The maximum absolute atomic E-state index is 10.8. The van der Waals surface area contributed by atoms with Crippen LogP contribution < -0.4 is 4.90 Å². The molecular weight excluding hydrogens is 406 g/mol. The Morgan fingerprint density at radius 3 is 2.00 bits per heavy atom. The molecule has 7 heteroatoms. The van der Waals surface area contributed by atoms with Crippen molar-refractivity contribution >= 4 is 17.3 Å². The average molecular weight is 446 g/mol. The molecular formula is C25H39N3O4. The Bertz CT molecular complexity index is 725. The highest BCUT2D eigenvalue weighted by atomic mass is 16.6. The number of hydrogen-bond acceptors (Lipinski definition) is 5. The number of carboxylic acid groups (broad SMARTS) is 1. The van der Waals surface area contributed by atoms with Gasteiger partial charge in [-0.3, -0.25) is 15.0 Å². The molecule has 1 aliphatic rings. The number of nitrogens with zero attached hydrogens (tertiary/aromatic N) is 3. The van der Waals surface area contributed by atoms with Gasteiger partial charge in [0.1, 0.15) is 0 Å². The Balaban J connectivity index is 1.43. The maximum Gasteiger partial charge on any atom is 0.330 e. The SMILES string of the molecule is C/C(=C\CCCCCCCCCCCN1CCN(c2ccc([N+](=O)[O-])cc2)CC1)C(=O)O. The highest BCUT2D eigenvalue weighted by molar-refractivity contribution is 5.85. The summed E-state index contributed by atoms with van der Waals surface area (Å²) in [4.78, 5) is 26.0. The number of hydrogen-bond donors (Lipinski definition) is 1. The fourth-order valence-corrected chi connectivity index (χ4v) is 4.14. The number of unbranched alkanes of at least 4 members (excludes halogenated alkanes) is 9. The second-order valence-corrected chi connectivity index (χ2v) is 8.77. The molecule has 1 N–H and O–H groups in total. The van der Waals surface area contributed by atoms with Crippen molar-refractivity contribution < 1.29 is 14.8 Å². The molecule has 0 spiro atoms.